The zero-order valence-electron chi connectivity index (χ0n) is 21.3. The Morgan fingerprint density at radius 1 is 1.00 bits per heavy atom. The molecule has 3 fully saturated rings. The molecular formula is C28H37N3O5S. The van der Waals surface area contributed by atoms with Crippen LogP contribution in [0.3, 0.4) is 0 Å². The summed E-state index contributed by atoms with van der Waals surface area (Å²) in [5.74, 6) is -0.169. The van der Waals surface area contributed by atoms with Gasteiger partial charge >= 0.3 is 0 Å². The molecule has 0 aliphatic carbocycles. The Morgan fingerprint density at radius 3 is 2.57 bits per heavy atom. The number of anilines is 1. The molecule has 2 aromatic carbocycles. The van der Waals surface area contributed by atoms with E-state index in [9.17, 15) is 13.2 Å². The second-order valence-corrected chi connectivity index (χ2v) is 12.3. The molecule has 3 aliphatic rings. The molecule has 3 saturated heterocycles. The maximum Gasteiger partial charge on any atom is 0.243 e. The predicted molar refractivity (Wildman–Crippen MR) is 142 cm³/mol. The maximum atomic E-state index is 13.0. The lowest BCUT2D eigenvalue weighted by Crippen LogP contribution is -2.57. The Hall–Kier alpha value is -2.30. The van der Waals surface area contributed by atoms with Crippen molar-refractivity contribution in [1.29, 1.82) is 0 Å². The van der Waals surface area contributed by atoms with Gasteiger partial charge in [-0.15, -0.1) is 0 Å². The summed E-state index contributed by atoms with van der Waals surface area (Å²) in [7, 11) is -3.56. The van der Waals surface area contributed by atoms with E-state index in [-0.39, 0.29) is 29.1 Å². The summed E-state index contributed by atoms with van der Waals surface area (Å²) in [6.07, 6.45) is 5.54. The summed E-state index contributed by atoms with van der Waals surface area (Å²) in [5, 5.41) is 2.90. The van der Waals surface area contributed by atoms with Crippen LogP contribution in [0.4, 0.5) is 5.69 Å². The summed E-state index contributed by atoms with van der Waals surface area (Å²) >= 11 is 0. The Bertz CT molecular complexity index is 1160. The number of amides is 1. The number of hydrogen-bond acceptors (Lipinski definition) is 6. The summed E-state index contributed by atoms with van der Waals surface area (Å²) in [5.41, 5.74) is 1.33. The fourth-order valence-electron chi connectivity index (χ4n) is 5.68. The highest BCUT2D eigenvalue weighted by Crippen LogP contribution is 2.38. The number of likely N-dealkylation sites (tertiary alicyclic amines) is 1. The number of sulfonamides is 1. The largest absolute Gasteiger partial charge is 0.372 e. The van der Waals surface area contributed by atoms with E-state index < -0.39 is 10.0 Å². The van der Waals surface area contributed by atoms with Gasteiger partial charge in [-0.05, 0) is 55.9 Å². The van der Waals surface area contributed by atoms with Gasteiger partial charge in [-0.3, -0.25) is 9.69 Å². The monoisotopic (exact) mass is 527 g/mol. The van der Waals surface area contributed by atoms with Crippen LogP contribution < -0.4 is 5.32 Å². The minimum Gasteiger partial charge on any atom is -0.372 e. The molecule has 2 atom stereocenters. The molecule has 0 radical (unpaired) electrons. The van der Waals surface area contributed by atoms with Crippen LogP contribution in [0.1, 0.15) is 44.1 Å². The highest BCUT2D eigenvalue weighted by Gasteiger charge is 2.47. The number of piperidine rings is 2. The molecule has 5 rings (SSSR count). The first kappa shape index (κ1) is 26.3. The molecule has 1 N–H and O–H groups in total. The molecule has 37 heavy (non-hydrogen) atoms. The van der Waals surface area contributed by atoms with Crippen molar-refractivity contribution in [3.05, 3.63) is 60.2 Å². The third-order valence-electron chi connectivity index (χ3n) is 7.73. The van der Waals surface area contributed by atoms with E-state index in [4.69, 9.17) is 9.47 Å². The smallest absolute Gasteiger partial charge is 0.243 e. The number of nitrogens with one attached hydrogen (secondary N) is 1. The summed E-state index contributed by atoms with van der Waals surface area (Å²) in [6.45, 7) is 3.94. The summed E-state index contributed by atoms with van der Waals surface area (Å²) in [4.78, 5) is 15.3. The SMILES string of the molecule is O=C(CN1CC[C@@]2(CCCO2)[C@H](OCc2ccccc2)C1)Nc1cccc(S(=O)(=O)N2CCCCC2)c1. The molecule has 8 nitrogen and oxygen atoms in total. The van der Waals surface area contributed by atoms with Crippen LogP contribution in [-0.4, -0.2) is 74.6 Å². The molecule has 0 bridgehead atoms. The quantitative estimate of drug-likeness (QED) is 0.564. The molecule has 0 aromatic heterocycles. The van der Waals surface area contributed by atoms with Gasteiger partial charge in [0.1, 0.15) is 0 Å². The van der Waals surface area contributed by atoms with Crippen LogP contribution in [-0.2, 0) is 30.9 Å². The topological polar surface area (TPSA) is 88.2 Å². The van der Waals surface area contributed by atoms with E-state index >= 15 is 0 Å². The van der Waals surface area contributed by atoms with Gasteiger partial charge in [0.05, 0.1) is 29.8 Å². The normalized spacial score (nSPS) is 25.4. The fourth-order valence-corrected chi connectivity index (χ4v) is 7.25. The van der Waals surface area contributed by atoms with Gasteiger partial charge in [0, 0.05) is 38.5 Å². The number of rotatable bonds is 8. The van der Waals surface area contributed by atoms with E-state index in [1.54, 1.807) is 28.6 Å². The molecule has 0 unspecified atom stereocenters. The van der Waals surface area contributed by atoms with Crippen molar-refractivity contribution in [2.24, 2.45) is 0 Å². The van der Waals surface area contributed by atoms with Crippen LogP contribution >= 0.6 is 0 Å². The zero-order valence-corrected chi connectivity index (χ0v) is 22.1. The maximum absolute atomic E-state index is 13.0. The van der Waals surface area contributed by atoms with Gasteiger partial charge in [-0.2, -0.15) is 4.31 Å². The number of carbonyl (C=O) groups is 1. The van der Waals surface area contributed by atoms with Crippen molar-refractivity contribution in [3.8, 4) is 0 Å². The molecule has 9 heteroatoms. The van der Waals surface area contributed by atoms with Crippen LogP contribution in [0.15, 0.2) is 59.5 Å². The Labute approximate surface area is 220 Å². The Morgan fingerprint density at radius 2 is 1.81 bits per heavy atom. The van der Waals surface area contributed by atoms with Crippen molar-refractivity contribution >= 4 is 21.6 Å². The first-order valence-electron chi connectivity index (χ1n) is 13.4. The minimum absolute atomic E-state index is 0.116. The predicted octanol–water partition coefficient (Wildman–Crippen LogP) is 3.64. The molecule has 2 aromatic rings. The van der Waals surface area contributed by atoms with Crippen molar-refractivity contribution in [3.63, 3.8) is 0 Å². The minimum atomic E-state index is -3.56. The molecule has 3 aliphatic heterocycles. The summed E-state index contributed by atoms with van der Waals surface area (Å²) in [6, 6.07) is 16.7. The third-order valence-corrected chi connectivity index (χ3v) is 9.62. The van der Waals surface area contributed by atoms with E-state index in [1.165, 1.54) is 0 Å². The fraction of sp³-hybridized carbons (Fsp3) is 0.536. The van der Waals surface area contributed by atoms with Gasteiger partial charge < -0.3 is 14.8 Å². The van der Waals surface area contributed by atoms with Crippen molar-refractivity contribution in [2.45, 2.75) is 61.7 Å². The highest BCUT2D eigenvalue weighted by atomic mass is 32.2. The lowest BCUT2D eigenvalue weighted by atomic mass is 9.85. The number of benzene rings is 2. The van der Waals surface area contributed by atoms with Gasteiger partial charge in [0.15, 0.2) is 0 Å². The first-order chi connectivity index (χ1) is 17.9. The van der Waals surface area contributed by atoms with E-state index in [1.807, 2.05) is 18.2 Å². The molecule has 3 heterocycles. The lowest BCUT2D eigenvalue weighted by Gasteiger charge is -2.44. The Balaban J connectivity index is 1.20. The summed E-state index contributed by atoms with van der Waals surface area (Å²) < 4.78 is 40.2. The number of nitrogens with zero attached hydrogens (tertiary/aromatic N) is 2. The lowest BCUT2D eigenvalue weighted by molar-refractivity contribution is -0.159. The Kier molecular flexibility index (Phi) is 8.26. The van der Waals surface area contributed by atoms with Crippen LogP contribution in [0.5, 0.6) is 0 Å². The van der Waals surface area contributed by atoms with Crippen molar-refractivity contribution < 1.29 is 22.7 Å². The highest BCUT2D eigenvalue weighted by molar-refractivity contribution is 7.89. The standard InChI is InChI=1S/C28H37N3O5S/c32-27(29-24-11-7-12-25(19-24)37(33,34)31-15-5-2-6-16-31)21-30-17-14-28(13-8-18-36-28)26(20-30)35-22-23-9-3-1-4-10-23/h1,3-4,7,9-12,19,26H,2,5-6,8,13-18,20-22H2,(H,29,32)/t26-,28+/m1/s1. The molecular weight excluding hydrogens is 490 g/mol. The molecule has 1 amide bonds. The van der Waals surface area contributed by atoms with Crippen molar-refractivity contribution in [2.75, 3.05) is 44.6 Å². The van der Waals surface area contributed by atoms with E-state index in [0.717, 1.165) is 57.2 Å². The average Bonchev–Trinajstić information content (AvgIpc) is 3.39. The van der Waals surface area contributed by atoms with Crippen LogP contribution in [0.25, 0.3) is 0 Å². The number of hydrogen-bond donors (Lipinski definition) is 1. The average molecular weight is 528 g/mol. The van der Waals surface area contributed by atoms with Crippen LogP contribution in [0.2, 0.25) is 0 Å². The van der Waals surface area contributed by atoms with Gasteiger partial charge in [0.25, 0.3) is 0 Å². The first-order valence-corrected chi connectivity index (χ1v) is 14.8. The van der Waals surface area contributed by atoms with Crippen molar-refractivity contribution in [1.82, 2.24) is 9.21 Å². The number of ether oxygens (including phenoxy) is 2. The second kappa shape index (κ2) is 11.6. The second-order valence-electron chi connectivity index (χ2n) is 10.3. The molecule has 200 valence electrons. The molecule has 1 spiro atoms. The van der Waals surface area contributed by atoms with Crippen LogP contribution in [0, 0.1) is 0 Å². The zero-order chi connectivity index (χ0) is 25.7. The van der Waals surface area contributed by atoms with E-state index in [0.29, 0.717) is 31.9 Å². The molecule has 0 saturated carbocycles. The van der Waals surface area contributed by atoms with E-state index in [2.05, 4.69) is 22.3 Å². The van der Waals surface area contributed by atoms with Gasteiger partial charge in [-0.1, -0.05) is 42.8 Å². The third kappa shape index (κ3) is 6.23. The van der Waals surface area contributed by atoms with Gasteiger partial charge in [-0.25, -0.2) is 8.42 Å². The number of carbonyl (C=O) groups excluding carboxylic acids is 1. The van der Waals surface area contributed by atoms with Gasteiger partial charge in [0.2, 0.25) is 15.9 Å².